The summed E-state index contributed by atoms with van der Waals surface area (Å²) in [6.07, 6.45) is 4.75. The Bertz CT molecular complexity index is 1300. The minimum absolute atomic E-state index is 0.0435. The molecule has 34 heavy (non-hydrogen) atoms. The number of pyridine rings is 2. The van der Waals surface area contributed by atoms with Crippen molar-refractivity contribution in [3.8, 4) is 17.0 Å². The second-order valence-corrected chi connectivity index (χ2v) is 8.61. The first-order chi connectivity index (χ1) is 16.6. The molecule has 2 saturated heterocycles. The molecule has 0 radical (unpaired) electrons. The van der Waals surface area contributed by atoms with Crippen LogP contribution in [0, 0.1) is 5.82 Å². The number of ether oxygens (including phenoxy) is 2. The number of amides is 2. The van der Waals surface area contributed by atoms with E-state index in [-0.39, 0.29) is 18.0 Å². The second-order valence-electron chi connectivity index (χ2n) is 8.61. The van der Waals surface area contributed by atoms with Crippen LogP contribution in [0.25, 0.3) is 11.1 Å². The van der Waals surface area contributed by atoms with Crippen LogP contribution in [0.1, 0.15) is 24.1 Å². The largest absolute Gasteiger partial charge is 0.474 e. The summed E-state index contributed by atoms with van der Waals surface area (Å²) in [6, 6.07) is 10.4. The fraction of sp³-hybridized carbons (Fsp3) is 0.280. The molecule has 0 saturated carbocycles. The maximum atomic E-state index is 14.7. The molecule has 0 unspecified atom stereocenters. The van der Waals surface area contributed by atoms with Crippen molar-refractivity contribution in [2.24, 2.45) is 0 Å². The Morgan fingerprint density at radius 1 is 0.971 bits per heavy atom. The SMILES string of the molecule is O=C1CCCN1c1ccc(-c2ccc(Cc3cnc4c(c3)N3C(=O)OC[C@H]3CO4)nc2)cc1F. The summed E-state index contributed by atoms with van der Waals surface area (Å²) in [7, 11) is 0. The molecular weight excluding hydrogens is 439 g/mol. The molecule has 0 spiro atoms. The van der Waals surface area contributed by atoms with Crippen molar-refractivity contribution in [2.45, 2.75) is 25.3 Å². The average molecular weight is 460 g/mol. The maximum Gasteiger partial charge on any atom is 0.415 e. The van der Waals surface area contributed by atoms with Crippen LogP contribution in [0.2, 0.25) is 0 Å². The number of aromatic nitrogens is 2. The molecule has 0 bridgehead atoms. The van der Waals surface area contributed by atoms with Crippen molar-refractivity contribution in [3.05, 3.63) is 65.9 Å². The quantitative estimate of drug-likeness (QED) is 0.590. The molecule has 3 aliphatic heterocycles. The van der Waals surface area contributed by atoms with Gasteiger partial charge in [-0.2, -0.15) is 0 Å². The summed E-state index contributed by atoms with van der Waals surface area (Å²) in [5, 5.41) is 0. The van der Waals surface area contributed by atoms with E-state index in [1.807, 2.05) is 18.2 Å². The summed E-state index contributed by atoms with van der Waals surface area (Å²) < 4.78 is 25.5. The predicted octanol–water partition coefficient (Wildman–Crippen LogP) is 3.72. The lowest BCUT2D eigenvalue weighted by Crippen LogP contribution is -2.41. The van der Waals surface area contributed by atoms with Gasteiger partial charge in [-0.3, -0.25) is 14.7 Å². The van der Waals surface area contributed by atoms with E-state index in [1.54, 1.807) is 29.4 Å². The van der Waals surface area contributed by atoms with Crippen LogP contribution in [-0.2, 0) is 16.0 Å². The van der Waals surface area contributed by atoms with Gasteiger partial charge in [0.1, 0.15) is 30.8 Å². The number of nitrogens with zero attached hydrogens (tertiary/aromatic N) is 4. The molecule has 3 aliphatic rings. The van der Waals surface area contributed by atoms with Crippen LogP contribution >= 0.6 is 0 Å². The van der Waals surface area contributed by atoms with E-state index in [4.69, 9.17) is 9.47 Å². The molecule has 0 aliphatic carbocycles. The van der Waals surface area contributed by atoms with Crippen molar-refractivity contribution < 1.29 is 23.5 Å². The van der Waals surface area contributed by atoms with E-state index in [1.165, 1.54) is 11.0 Å². The molecule has 2 amide bonds. The Kier molecular flexibility index (Phi) is 4.90. The molecule has 8 nitrogen and oxygen atoms in total. The van der Waals surface area contributed by atoms with Gasteiger partial charge in [-0.25, -0.2) is 14.2 Å². The highest BCUT2D eigenvalue weighted by Crippen LogP contribution is 2.36. The zero-order chi connectivity index (χ0) is 23.2. The van der Waals surface area contributed by atoms with E-state index >= 15 is 0 Å². The van der Waals surface area contributed by atoms with Crippen LogP contribution < -0.4 is 14.5 Å². The van der Waals surface area contributed by atoms with Crippen molar-refractivity contribution >= 4 is 23.4 Å². The van der Waals surface area contributed by atoms with Crippen molar-refractivity contribution in [2.75, 3.05) is 29.6 Å². The minimum Gasteiger partial charge on any atom is -0.474 e. The number of anilines is 2. The van der Waals surface area contributed by atoms with E-state index in [0.717, 1.165) is 23.2 Å². The Hall–Kier alpha value is -4.01. The van der Waals surface area contributed by atoms with Crippen LogP contribution in [0.3, 0.4) is 0 Å². The fourth-order valence-electron chi connectivity index (χ4n) is 4.63. The number of benzene rings is 1. The number of carbonyl (C=O) groups excluding carboxylic acids is 2. The monoisotopic (exact) mass is 460 g/mol. The van der Waals surface area contributed by atoms with Crippen molar-refractivity contribution in [3.63, 3.8) is 0 Å². The highest BCUT2D eigenvalue weighted by atomic mass is 19.1. The highest BCUT2D eigenvalue weighted by molar-refractivity contribution is 5.95. The first kappa shape index (κ1) is 20.6. The summed E-state index contributed by atoms with van der Waals surface area (Å²) in [4.78, 5) is 36.0. The van der Waals surface area contributed by atoms with E-state index in [9.17, 15) is 14.0 Å². The van der Waals surface area contributed by atoms with Gasteiger partial charge in [-0.15, -0.1) is 0 Å². The van der Waals surface area contributed by atoms with Crippen LogP contribution in [0.4, 0.5) is 20.6 Å². The first-order valence-corrected chi connectivity index (χ1v) is 11.2. The molecule has 1 aromatic carbocycles. The molecule has 5 heterocycles. The molecule has 2 fully saturated rings. The van der Waals surface area contributed by atoms with Gasteiger partial charge < -0.3 is 14.4 Å². The first-order valence-electron chi connectivity index (χ1n) is 11.2. The normalized spacial score (nSPS) is 19.0. The van der Waals surface area contributed by atoms with E-state index in [2.05, 4.69) is 9.97 Å². The summed E-state index contributed by atoms with van der Waals surface area (Å²) in [5.74, 6) is -0.0424. The molecule has 0 N–H and O–H groups in total. The minimum atomic E-state index is -0.419. The van der Waals surface area contributed by atoms with Gasteiger partial charge in [-0.05, 0) is 41.8 Å². The Morgan fingerprint density at radius 3 is 2.59 bits per heavy atom. The molecule has 6 rings (SSSR count). The Balaban J connectivity index is 1.20. The van der Waals surface area contributed by atoms with Crippen molar-refractivity contribution in [1.29, 1.82) is 0 Å². The molecule has 1 atom stereocenters. The van der Waals surface area contributed by atoms with Gasteiger partial charge in [0.15, 0.2) is 0 Å². The van der Waals surface area contributed by atoms with Gasteiger partial charge in [0.05, 0.1) is 5.69 Å². The van der Waals surface area contributed by atoms with Gasteiger partial charge >= 0.3 is 6.09 Å². The lowest BCUT2D eigenvalue weighted by atomic mass is 10.0. The van der Waals surface area contributed by atoms with Gasteiger partial charge in [0, 0.05) is 43.0 Å². The zero-order valence-corrected chi connectivity index (χ0v) is 18.2. The third-order valence-electron chi connectivity index (χ3n) is 6.38. The third-order valence-corrected chi connectivity index (χ3v) is 6.38. The predicted molar refractivity (Wildman–Crippen MR) is 121 cm³/mol. The number of carbonyl (C=O) groups is 2. The Labute approximate surface area is 194 Å². The number of hydrogen-bond acceptors (Lipinski definition) is 6. The summed E-state index contributed by atoms with van der Waals surface area (Å²) in [6.45, 7) is 1.22. The number of fused-ring (bicyclic) bond motifs is 3. The van der Waals surface area contributed by atoms with Crippen LogP contribution in [0.15, 0.2) is 48.8 Å². The van der Waals surface area contributed by atoms with E-state index in [0.29, 0.717) is 55.4 Å². The lowest BCUT2D eigenvalue weighted by Gasteiger charge is -2.28. The summed E-state index contributed by atoms with van der Waals surface area (Å²) in [5.41, 5.74) is 4.10. The number of hydrogen-bond donors (Lipinski definition) is 0. The smallest absolute Gasteiger partial charge is 0.415 e. The standard InChI is InChI=1S/C25H21FN4O4/c26-20-10-16(4-6-21(20)29-7-1-2-23(29)31)17-3-5-18(27-12-17)8-15-9-22-24(28-11-15)33-13-19-14-34-25(32)30(19)22/h3-6,9-12,19H,1-2,7-8,13-14H2/t19-/m1/s1. The molecule has 172 valence electrons. The number of halogens is 1. The third kappa shape index (κ3) is 3.53. The van der Waals surface area contributed by atoms with Gasteiger partial charge in [-0.1, -0.05) is 12.1 Å². The number of cyclic esters (lactones) is 1. The number of rotatable bonds is 4. The van der Waals surface area contributed by atoms with Gasteiger partial charge in [0.25, 0.3) is 0 Å². The van der Waals surface area contributed by atoms with Crippen LogP contribution in [-0.4, -0.2) is 47.8 Å². The highest BCUT2D eigenvalue weighted by Gasteiger charge is 2.40. The maximum absolute atomic E-state index is 14.7. The molecule has 2 aromatic heterocycles. The van der Waals surface area contributed by atoms with Crippen molar-refractivity contribution in [1.82, 2.24) is 9.97 Å². The lowest BCUT2D eigenvalue weighted by molar-refractivity contribution is -0.117. The van der Waals surface area contributed by atoms with Gasteiger partial charge in [0.2, 0.25) is 11.8 Å². The fourth-order valence-corrected chi connectivity index (χ4v) is 4.63. The Morgan fingerprint density at radius 2 is 1.82 bits per heavy atom. The summed E-state index contributed by atoms with van der Waals surface area (Å²) >= 11 is 0. The average Bonchev–Trinajstić information content (AvgIpc) is 3.45. The molecule has 9 heteroatoms. The van der Waals surface area contributed by atoms with Crippen LogP contribution in [0.5, 0.6) is 5.88 Å². The second kappa shape index (κ2) is 8.09. The zero-order valence-electron chi connectivity index (χ0n) is 18.2. The topological polar surface area (TPSA) is 84.9 Å². The van der Waals surface area contributed by atoms with E-state index < -0.39 is 5.82 Å². The molecular formula is C25H21FN4O4. The molecule has 3 aromatic rings.